The Morgan fingerprint density at radius 3 is 2.63 bits per heavy atom. The maximum absolute atomic E-state index is 13.4. The molecule has 0 bridgehead atoms. The third-order valence-electron chi connectivity index (χ3n) is 2.68. The molecule has 0 aliphatic heterocycles. The number of aromatic hydroxyl groups is 1. The lowest BCUT2D eigenvalue weighted by Crippen LogP contribution is -2.41. The molecule has 5 heteroatoms. The monoisotopic (exact) mass is 269 g/mol. The molecule has 106 valence electrons. The van der Waals surface area contributed by atoms with E-state index in [9.17, 15) is 14.3 Å². The van der Waals surface area contributed by atoms with Crippen molar-refractivity contribution < 1.29 is 19.4 Å². The fourth-order valence-corrected chi connectivity index (χ4v) is 2.01. The summed E-state index contributed by atoms with van der Waals surface area (Å²) >= 11 is 0. The number of rotatable bonds is 5. The van der Waals surface area contributed by atoms with Gasteiger partial charge in [0.25, 0.3) is 5.91 Å². The summed E-state index contributed by atoms with van der Waals surface area (Å²) in [6.07, 6.45) is 0.533. The zero-order valence-electron chi connectivity index (χ0n) is 11.4. The Morgan fingerprint density at radius 1 is 1.47 bits per heavy atom. The van der Waals surface area contributed by atoms with E-state index in [0.29, 0.717) is 6.42 Å². The van der Waals surface area contributed by atoms with Gasteiger partial charge in [0, 0.05) is 12.6 Å². The van der Waals surface area contributed by atoms with Crippen LogP contribution in [0.3, 0.4) is 0 Å². The van der Waals surface area contributed by atoms with Crippen LogP contribution >= 0.6 is 0 Å². The normalized spacial score (nSPS) is 14.2. The molecule has 1 unspecified atom stereocenters. The van der Waals surface area contributed by atoms with E-state index in [1.54, 1.807) is 6.92 Å². The van der Waals surface area contributed by atoms with E-state index >= 15 is 0 Å². The van der Waals surface area contributed by atoms with Gasteiger partial charge in [-0.05, 0) is 31.4 Å². The number of carbonyl (C=O) groups excluding carboxylic acids is 1. The number of carbonyl (C=O) groups is 1. The quantitative estimate of drug-likeness (QED) is 0.766. The van der Waals surface area contributed by atoms with Crippen LogP contribution in [0.1, 0.15) is 37.6 Å². The average molecular weight is 269 g/mol. The first-order chi connectivity index (χ1) is 8.71. The number of hydrogen-bond donors (Lipinski definition) is 3. The SMILES string of the molecule is CC(C)CC(C)(O)CNC(=O)c1ccc(O)cc1F. The van der Waals surface area contributed by atoms with Crippen LogP contribution < -0.4 is 5.32 Å². The van der Waals surface area contributed by atoms with Crippen molar-refractivity contribution in [3.63, 3.8) is 0 Å². The van der Waals surface area contributed by atoms with Gasteiger partial charge in [-0.25, -0.2) is 4.39 Å². The molecule has 0 saturated heterocycles. The highest BCUT2D eigenvalue weighted by atomic mass is 19.1. The van der Waals surface area contributed by atoms with Crippen molar-refractivity contribution in [1.29, 1.82) is 0 Å². The van der Waals surface area contributed by atoms with E-state index < -0.39 is 17.3 Å². The largest absolute Gasteiger partial charge is 0.508 e. The molecule has 1 atom stereocenters. The van der Waals surface area contributed by atoms with E-state index in [2.05, 4.69) is 5.32 Å². The number of nitrogens with one attached hydrogen (secondary N) is 1. The zero-order chi connectivity index (χ0) is 14.6. The molecule has 0 spiro atoms. The molecule has 0 heterocycles. The fourth-order valence-electron chi connectivity index (χ4n) is 2.01. The van der Waals surface area contributed by atoms with Crippen LogP contribution in [0, 0.1) is 11.7 Å². The van der Waals surface area contributed by atoms with Crippen molar-refractivity contribution in [2.75, 3.05) is 6.54 Å². The second-order valence-electron chi connectivity index (χ2n) is 5.44. The molecule has 1 aromatic carbocycles. The van der Waals surface area contributed by atoms with Crippen molar-refractivity contribution in [2.45, 2.75) is 32.8 Å². The van der Waals surface area contributed by atoms with Gasteiger partial charge < -0.3 is 15.5 Å². The molecule has 19 heavy (non-hydrogen) atoms. The van der Waals surface area contributed by atoms with Crippen molar-refractivity contribution in [3.8, 4) is 5.75 Å². The summed E-state index contributed by atoms with van der Waals surface area (Å²) < 4.78 is 13.4. The maximum Gasteiger partial charge on any atom is 0.254 e. The first-order valence-corrected chi connectivity index (χ1v) is 6.20. The van der Waals surface area contributed by atoms with Crippen LogP contribution in [-0.4, -0.2) is 28.3 Å². The van der Waals surface area contributed by atoms with Crippen LogP contribution in [0.15, 0.2) is 18.2 Å². The van der Waals surface area contributed by atoms with Crippen LogP contribution in [0.4, 0.5) is 4.39 Å². The second-order valence-corrected chi connectivity index (χ2v) is 5.44. The Morgan fingerprint density at radius 2 is 2.11 bits per heavy atom. The summed E-state index contributed by atoms with van der Waals surface area (Å²) in [7, 11) is 0. The van der Waals surface area contributed by atoms with Crippen LogP contribution in [0.5, 0.6) is 5.75 Å². The number of phenols is 1. The van der Waals surface area contributed by atoms with Crippen molar-refractivity contribution in [2.24, 2.45) is 5.92 Å². The molecule has 0 radical (unpaired) electrons. The zero-order valence-corrected chi connectivity index (χ0v) is 11.4. The Bertz CT molecular complexity index is 458. The van der Waals surface area contributed by atoms with Gasteiger partial charge in [0.2, 0.25) is 0 Å². The van der Waals surface area contributed by atoms with E-state index in [0.717, 1.165) is 6.07 Å². The molecule has 0 saturated carbocycles. The number of amides is 1. The number of halogens is 1. The molecule has 0 aliphatic carbocycles. The van der Waals surface area contributed by atoms with E-state index in [1.807, 2.05) is 13.8 Å². The minimum atomic E-state index is -1.03. The van der Waals surface area contributed by atoms with Gasteiger partial charge in [0.05, 0.1) is 11.2 Å². The number of phenolic OH excluding ortho intramolecular Hbond substituents is 1. The number of benzene rings is 1. The Hall–Kier alpha value is -1.62. The molecular weight excluding hydrogens is 249 g/mol. The molecule has 1 amide bonds. The topological polar surface area (TPSA) is 69.6 Å². The summed E-state index contributed by atoms with van der Waals surface area (Å²) in [6.45, 7) is 5.61. The van der Waals surface area contributed by atoms with Crippen LogP contribution in [0.25, 0.3) is 0 Å². The summed E-state index contributed by atoms with van der Waals surface area (Å²) in [5, 5.41) is 21.6. The second kappa shape index (κ2) is 6.02. The highest BCUT2D eigenvalue weighted by molar-refractivity contribution is 5.94. The van der Waals surface area contributed by atoms with Crippen molar-refractivity contribution in [3.05, 3.63) is 29.6 Å². The fraction of sp³-hybridized carbons (Fsp3) is 0.500. The Labute approximate surface area is 112 Å². The predicted octanol–water partition coefficient (Wildman–Crippen LogP) is 2.06. The minimum absolute atomic E-state index is 0.0460. The molecule has 4 nitrogen and oxygen atoms in total. The molecule has 0 fully saturated rings. The highest BCUT2D eigenvalue weighted by Gasteiger charge is 2.23. The lowest BCUT2D eigenvalue weighted by atomic mass is 9.94. The van der Waals surface area contributed by atoms with Gasteiger partial charge >= 0.3 is 0 Å². The summed E-state index contributed by atoms with van der Waals surface area (Å²) in [5.74, 6) is -1.35. The summed E-state index contributed by atoms with van der Waals surface area (Å²) in [4.78, 5) is 11.8. The van der Waals surface area contributed by atoms with Gasteiger partial charge in [0.15, 0.2) is 0 Å². The van der Waals surface area contributed by atoms with Crippen LogP contribution in [-0.2, 0) is 0 Å². The molecular formula is C14H20FNO3. The first kappa shape index (κ1) is 15.4. The highest BCUT2D eigenvalue weighted by Crippen LogP contribution is 2.17. The lowest BCUT2D eigenvalue weighted by Gasteiger charge is -2.25. The van der Waals surface area contributed by atoms with Crippen LogP contribution in [0.2, 0.25) is 0 Å². The first-order valence-electron chi connectivity index (χ1n) is 6.20. The third kappa shape index (κ3) is 4.87. The molecule has 0 aromatic heterocycles. The summed E-state index contributed by atoms with van der Waals surface area (Å²) in [6, 6.07) is 3.32. The average Bonchev–Trinajstić information content (AvgIpc) is 2.24. The van der Waals surface area contributed by atoms with E-state index in [1.165, 1.54) is 12.1 Å². The molecule has 3 N–H and O–H groups in total. The van der Waals surface area contributed by atoms with Gasteiger partial charge in [-0.3, -0.25) is 4.79 Å². The van der Waals surface area contributed by atoms with Crippen molar-refractivity contribution >= 4 is 5.91 Å². The van der Waals surface area contributed by atoms with E-state index in [4.69, 9.17) is 5.11 Å². The standard InChI is InChI=1S/C14H20FNO3/c1-9(2)7-14(3,19)8-16-13(18)11-5-4-10(17)6-12(11)15/h4-6,9,17,19H,7-8H2,1-3H3,(H,16,18). The molecule has 1 rings (SSSR count). The molecule has 0 aliphatic rings. The summed E-state index contributed by atoms with van der Waals surface area (Å²) in [5.41, 5.74) is -1.19. The third-order valence-corrected chi connectivity index (χ3v) is 2.68. The lowest BCUT2D eigenvalue weighted by molar-refractivity contribution is 0.0367. The van der Waals surface area contributed by atoms with Crippen molar-refractivity contribution in [1.82, 2.24) is 5.32 Å². The Kier molecular flexibility index (Phi) is 4.89. The number of hydrogen-bond acceptors (Lipinski definition) is 3. The predicted molar refractivity (Wildman–Crippen MR) is 70.5 cm³/mol. The minimum Gasteiger partial charge on any atom is -0.508 e. The number of aliphatic hydroxyl groups is 1. The van der Waals surface area contributed by atoms with Gasteiger partial charge in [0.1, 0.15) is 11.6 Å². The smallest absolute Gasteiger partial charge is 0.254 e. The maximum atomic E-state index is 13.4. The van der Waals surface area contributed by atoms with Gasteiger partial charge in [-0.15, -0.1) is 0 Å². The Balaban J connectivity index is 2.65. The van der Waals surface area contributed by atoms with Gasteiger partial charge in [-0.1, -0.05) is 13.8 Å². The van der Waals surface area contributed by atoms with E-state index in [-0.39, 0.29) is 23.8 Å². The van der Waals surface area contributed by atoms with Gasteiger partial charge in [-0.2, -0.15) is 0 Å². The molecule has 1 aromatic rings.